The summed E-state index contributed by atoms with van der Waals surface area (Å²) in [5, 5.41) is 15.8. The number of carbonyl (C=O) groups is 1. The van der Waals surface area contributed by atoms with Crippen LogP contribution in [0.3, 0.4) is 0 Å². The molecule has 0 saturated heterocycles. The van der Waals surface area contributed by atoms with E-state index in [0.717, 1.165) is 18.4 Å². The molecule has 1 unspecified atom stereocenters. The molecule has 1 aromatic heterocycles. The molecule has 1 fully saturated rings. The molecule has 2 amide bonds. The molecular weight excluding hydrogens is 254 g/mol. The number of hydrogen-bond acceptors (Lipinski definition) is 3. The van der Waals surface area contributed by atoms with Crippen molar-refractivity contribution in [3.63, 3.8) is 0 Å². The van der Waals surface area contributed by atoms with Crippen LogP contribution < -0.4 is 10.6 Å². The van der Waals surface area contributed by atoms with Crippen LogP contribution in [0.1, 0.15) is 32.3 Å². The molecule has 2 rings (SSSR count). The number of urea groups is 1. The number of rotatable bonds is 6. The predicted molar refractivity (Wildman–Crippen MR) is 77.0 cm³/mol. The molecule has 110 valence electrons. The molecule has 3 N–H and O–H groups in total. The van der Waals surface area contributed by atoms with Crippen molar-refractivity contribution in [1.29, 1.82) is 0 Å². The van der Waals surface area contributed by atoms with Crippen molar-refractivity contribution >= 4 is 6.03 Å². The van der Waals surface area contributed by atoms with Gasteiger partial charge >= 0.3 is 6.03 Å². The molecule has 20 heavy (non-hydrogen) atoms. The van der Waals surface area contributed by atoms with Gasteiger partial charge in [0.15, 0.2) is 0 Å². The van der Waals surface area contributed by atoms with Crippen molar-refractivity contribution < 1.29 is 9.90 Å². The molecule has 0 spiro atoms. The Kier molecular flexibility index (Phi) is 4.60. The van der Waals surface area contributed by atoms with Gasteiger partial charge in [0.05, 0.1) is 6.10 Å². The summed E-state index contributed by atoms with van der Waals surface area (Å²) in [5.74, 6) is 0.220. The summed E-state index contributed by atoms with van der Waals surface area (Å²) in [7, 11) is 0. The summed E-state index contributed by atoms with van der Waals surface area (Å²) in [6.07, 6.45) is 5.05. The second-order valence-corrected chi connectivity index (χ2v) is 5.95. The number of pyridine rings is 1. The van der Waals surface area contributed by atoms with Crippen LogP contribution in [0.5, 0.6) is 0 Å². The molecular formula is C15H23N3O2. The highest BCUT2D eigenvalue weighted by atomic mass is 16.3. The van der Waals surface area contributed by atoms with Gasteiger partial charge in [-0.2, -0.15) is 0 Å². The Bertz CT molecular complexity index is 444. The monoisotopic (exact) mass is 277 g/mol. The minimum absolute atomic E-state index is 0.111. The summed E-state index contributed by atoms with van der Waals surface area (Å²) in [6.45, 7) is 5.01. The third kappa shape index (κ3) is 3.70. The number of nitrogens with zero attached hydrogens (tertiary/aromatic N) is 1. The van der Waals surface area contributed by atoms with E-state index in [-0.39, 0.29) is 23.5 Å². The zero-order valence-corrected chi connectivity index (χ0v) is 12.1. The first-order valence-electron chi connectivity index (χ1n) is 7.12. The molecule has 0 aliphatic heterocycles. The number of amides is 2. The Balaban J connectivity index is 1.73. The van der Waals surface area contributed by atoms with Gasteiger partial charge in [-0.25, -0.2) is 4.79 Å². The lowest BCUT2D eigenvalue weighted by molar-refractivity contribution is 0.0515. The van der Waals surface area contributed by atoms with E-state index in [2.05, 4.69) is 15.6 Å². The van der Waals surface area contributed by atoms with E-state index in [1.807, 2.05) is 26.0 Å². The van der Waals surface area contributed by atoms with Crippen LogP contribution in [0.4, 0.5) is 4.79 Å². The summed E-state index contributed by atoms with van der Waals surface area (Å²) < 4.78 is 0. The summed E-state index contributed by atoms with van der Waals surface area (Å²) in [6, 6.07) is 3.56. The van der Waals surface area contributed by atoms with Gasteiger partial charge in [0.25, 0.3) is 0 Å². The lowest BCUT2D eigenvalue weighted by Gasteiger charge is -2.25. The molecule has 5 nitrogen and oxygen atoms in total. The van der Waals surface area contributed by atoms with Crippen molar-refractivity contribution in [2.75, 3.05) is 6.54 Å². The van der Waals surface area contributed by atoms with Crippen molar-refractivity contribution in [2.24, 2.45) is 11.3 Å². The summed E-state index contributed by atoms with van der Waals surface area (Å²) >= 11 is 0. The lowest BCUT2D eigenvalue weighted by Crippen LogP contribution is -2.42. The fourth-order valence-electron chi connectivity index (χ4n) is 2.45. The van der Waals surface area contributed by atoms with E-state index in [9.17, 15) is 9.90 Å². The zero-order chi connectivity index (χ0) is 14.6. The normalized spacial score (nSPS) is 17.6. The third-order valence-corrected chi connectivity index (χ3v) is 3.93. The maximum absolute atomic E-state index is 11.8. The van der Waals surface area contributed by atoms with Crippen LogP contribution in [0, 0.1) is 11.3 Å². The maximum atomic E-state index is 11.8. The quantitative estimate of drug-likeness (QED) is 0.740. The zero-order valence-electron chi connectivity index (χ0n) is 12.1. The van der Waals surface area contributed by atoms with Crippen LogP contribution in [0.25, 0.3) is 0 Å². The summed E-state index contributed by atoms with van der Waals surface area (Å²) in [4.78, 5) is 15.8. The van der Waals surface area contributed by atoms with Gasteiger partial charge in [-0.15, -0.1) is 0 Å². The highest BCUT2D eigenvalue weighted by molar-refractivity contribution is 5.73. The Morgan fingerprint density at radius 3 is 2.75 bits per heavy atom. The first-order chi connectivity index (χ1) is 9.53. The molecule has 1 aliphatic rings. The summed E-state index contributed by atoms with van der Waals surface area (Å²) in [5.41, 5.74) is 0.853. The standard InChI is InChI=1S/C15H23N3O2/c1-11(2)13(19)15(5-6-15)10-18-14(20)17-9-12-4-3-7-16-8-12/h3-4,7-8,11,13,19H,5-6,9-10H2,1-2H3,(H2,17,18,20). The average molecular weight is 277 g/mol. The molecule has 1 aromatic rings. The van der Waals surface area contributed by atoms with E-state index in [1.54, 1.807) is 12.4 Å². The maximum Gasteiger partial charge on any atom is 0.315 e. The van der Waals surface area contributed by atoms with E-state index in [4.69, 9.17) is 0 Å². The number of aliphatic hydroxyl groups excluding tert-OH is 1. The predicted octanol–water partition coefficient (Wildman–Crippen LogP) is 1.68. The molecule has 0 radical (unpaired) electrons. The third-order valence-electron chi connectivity index (χ3n) is 3.93. The number of hydrogen-bond donors (Lipinski definition) is 3. The smallest absolute Gasteiger partial charge is 0.315 e. The molecule has 0 bridgehead atoms. The van der Waals surface area contributed by atoms with E-state index in [0.29, 0.717) is 13.1 Å². The molecule has 1 saturated carbocycles. The average Bonchev–Trinajstić information content (AvgIpc) is 3.24. The van der Waals surface area contributed by atoms with Gasteiger partial charge in [-0.3, -0.25) is 4.98 Å². The Morgan fingerprint density at radius 1 is 1.45 bits per heavy atom. The topological polar surface area (TPSA) is 74.2 Å². The van der Waals surface area contributed by atoms with E-state index < -0.39 is 0 Å². The molecule has 1 atom stereocenters. The number of aromatic nitrogens is 1. The number of nitrogens with one attached hydrogen (secondary N) is 2. The first-order valence-corrected chi connectivity index (χ1v) is 7.12. The van der Waals surface area contributed by atoms with Crippen molar-refractivity contribution in [2.45, 2.75) is 39.3 Å². The SMILES string of the molecule is CC(C)C(O)C1(CNC(=O)NCc2cccnc2)CC1. The van der Waals surface area contributed by atoms with Gasteiger partial charge < -0.3 is 15.7 Å². The molecule has 1 heterocycles. The first kappa shape index (κ1) is 14.8. The number of carbonyl (C=O) groups excluding carboxylic acids is 1. The molecule has 5 heteroatoms. The highest BCUT2D eigenvalue weighted by Crippen LogP contribution is 2.50. The fourth-order valence-corrected chi connectivity index (χ4v) is 2.45. The van der Waals surface area contributed by atoms with Crippen molar-refractivity contribution in [3.8, 4) is 0 Å². The van der Waals surface area contributed by atoms with Crippen LogP contribution >= 0.6 is 0 Å². The minimum atomic E-state index is -0.346. The molecule has 0 aromatic carbocycles. The Morgan fingerprint density at radius 2 is 2.20 bits per heavy atom. The van der Waals surface area contributed by atoms with Gasteiger partial charge in [0, 0.05) is 30.9 Å². The van der Waals surface area contributed by atoms with Gasteiger partial charge in [-0.05, 0) is 30.4 Å². The van der Waals surface area contributed by atoms with E-state index in [1.165, 1.54) is 0 Å². The van der Waals surface area contributed by atoms with Gasteiger partial charge in [-0.1, -0.05) is 19.9 Å². The van der Waals surface area contributed by atoms with Crippen molar-refractivity contribution in [3.05, 3.63) is 30.1 Å². The van der Waals surface area contributed by atoms with Crippen LogP contribution in [-0.2, 0) is 6.54 Å². The molecule has 1 aliphatic carbocycles. The second kappa shape index (κ2) is 6.22. The largest absolute Gasteiger partial charge is 0.392 e. The van der Waals surface area contributed by atoms with Crippen LogP contribution in [-0.4, -0.2) is 28.8 Å². The van der Waals surface area contributed by atoms with Crippen LogP contribution in [0.2, 0.25) is 0 Å². The minimum Gasteiger partial charge on any atom is -0.392 e. The second-order valence-electron chi connectivity index (χ2n) is 5.95. The van der Waals surface area contributed by atoms with Crippen molar-refractivity contribution in [1.82, 2.24) is 15.6 Å². The van der Waals surface area contributed by atoms with E-state index >= 15 is 0 Å². The fraction of sp³-hybridized carbons (Fsp3) is 0.600. The van der Waals surface area contributed by atoms with Gasteiger partial charge in [0.2, 0.25) is 0 Å². The Hall–Kier alpha value is -1.62. The van der Waals surface area contributed by atoms with Gasteiger partial charge in [0.1, 0.15) is 0 Å². The number of aliphatic hydroxyl groups is 1. The lowest BCUT2D eigenvalue weighted by atomic mass is 9.90. The Labute approximate surface area is 119 Å². The highest BCUT2D eigenvalue weighted by Gasteiger charge is 2.49. The van der Waals surface area contributed by atoms with Crippen LogP contribution in [0.15, 0.2) is 24.5 Å².